The van der Waals surface area contributed by atoms with Gasteiger partial charge in [0.2, 0.25) is 0 Å². The van der Waals surface area contributed by atoms with Gasteiger partial charge in [0.15, 0.2) is 6.29 Å². The van der Waals surface area contributed by atoms with Crippen LogP contribution in [0.2, 0.25) is 0 Å². The van der Waals surface area contributed by atoms with Crippen LogP contribution in [0.1, 0.15) is 32.1 Å². The second kappa shape index (κ2) is 6.74. The lowest BCUT2D eigenvalue weighted by Gasteiger charge is -2.38. The number of amides is 2. The van der Waals surface area contributed by atoms with Gasteiger partial charge < -0.3 is 24.4 Å². The average Bonchev–Trinajstić information content (AvgIpc) is 3.18. The van der Waals surface area contributed by atoms with Gasteiger partial charge in [-0.15, -0.1) is 0 Å². The highest BCUT2D eigenvalue weighted by atomic mass is 16.7. The van der Waals surface area contributed by atoms with Crippen LogP contribution in [0.25, 0.3) is 0 Å². The molecular weight excluding hydrogens is 260 g/mol. The Hall–Kier alpha value is -0.850. The predicted octanol–water partition coefficient (Wildman–Crippen LogP) is 1.10. The summed E-state index contributed by atoms with van der Waals surface area (Å²) in [5.41, 5.74) is 0. The van der Waals surface area contributed by atoms with Crippen LogP contribution < -0.4 is 5.32 Å². The lowest BCUT2D eigenvalue weighted by atomic mass is 10.0. The number of nitrogens with zero attached hydrogens (tertiary/aromatic N) is 1. The maximum absolute atomic E-state index is 12.4. The molecule has 0 bridgehead atoms. The second-order valence-corrected chi connectivity index (χ2v) is 5.69. The first kappa shape index (κ1) is 14.1. The van der Waals surface area contributed by atoms with E-state index in [4.69, 9.17) is 14.2 Å². The van der Waals surface area contributed by atoms with Crippen LogP contribution in [-0.2, 0) is 14.2 Å². The van der Waals surface area contributed by atoms with Crippen LogP contribution in [-0.4, -0.2) is 62.3 Å². The molecule has 6 nitrogen and oxygen atoms in total. The molecule has 6 heteroatoms. The standard InChI is InChI=1S/C14H24N2O4/c17-14(15-10-11-4-3-7-18-11)16-6-2-1-5-12(16)13-19-8-9-20-13/h11-13H,1-10H2,(H,15,17). The number of hydrogen-bond donors (Lipinski definition) is 1. The van der Waals surface area contributed by atoms with E-state index in [2.05, 4.69) is 5.32 Å². The molecule has 20 heavy (non-hydrogen) atoms. The second-order valence-electron chi connectivity index (χ2n) is 5.69. The molecule has 3 saturated heterocycles. The number of nitrogens with one attached hydrogen (secondary N) is 1. The van der Waals surface area contributed by atoms with E-state index in [0.717, 1.165) is 45.3 Å². The minimum atomic E-state index is -0.246. The summed E-state index contributed by atoms with van der Waals surface area (Å²) in [6.07, 6.45) is 5.21. The van der Waals surface area contributed by atoms with Gasteiger partial charge in [0.1, 0.15) is 0 Å². The van der Waals surface area contributed by atoms with E-state index in [-0.39, 0.29) is 24.5 Å². The monoisotopic (exact) mass is 284 g/mol. The number of hydrogen-bond acceptors (Lipinski definition) is 4. The van der Waals surface area contributed by atoms with Crippen LogP contribution in [0.3, 0.4) is 0 Å². The van der Waals surface area contributed by atoms with E-state index >= 15 is 0 Å². The number of piperidine rings is 1. The Bertz CT molecular complexity index is 327. The van der Waals surface area contributed by atoms with Crippen molar-refractivity contribution < 1.29 is 19.0 Å². The highest BCUT2D eigenvalue weighted by molar-refractivity contribution is 5.74. The Morgan fingerprint density at radius 1 is 1.05 bits per heavy atom. The predicted molar refractivity (Wildman–Crippen MR) is 72.4 cm³/mol. The zero-order valence-corrected chi connectivity index (χ0v) is 11.9. The van der Waals surface area contributed by atoms with Crippen LogP contribution in [0.4, 0.5) is 4.79 Å². The maximum atomic E-state index is 12.4. The molecule has 3 heterocycles. The first-order chi connectivity index (χ1) is 9.84. The van der Waals surface area contributed by atoms with Crippen molar-refractivity contribution in [1.82, 2.24) is 10.2 Å². The van der Waals surface area contributed by atoms with Crippen molar-refractivity contribution in [3.8, 4) is 0 Å². The molecule has 0 radical (unpaired) electrons. The molecule has 3 aliphatic rings. The van der Waals surface area contributed by atoms with Gasteiger partial charge in [0.05, 0.1) is 25.4 Å². The minimum absolute atomic E-state index is 0.00991. The summed E-state index contributed by atoms with van der Waals surface area (Å²) >= 11 is 0. The van der Waals surface area contributed by atoms with Crippen LogP contribution in [0, 0.1) is 0 Å². The van der Waals surface area contributed by atoms with Crippen molar-refractivity contribution in [2.45, 2.75) is 50.5 Å². The zero-order valence-electron chi connectivity index (χ0n) is 11.9. The van der Waals surface area contributed by atoms with Gasteiger partial charge in [-0.1, -0.05) is 0 Å². The van der Waals surface area contributed by atoms with Gasteiger partial charge >= 0.3 is 6.03 Å². The molecule has 0 aromatic rings. The Balaban J connectivity index is 1.52. The first-order valence-electron chi connectivity index (χ1n) is 7.74. The van der Waals surface area contributed by atoms with Crippen LogP contribution in [0.15, 0.2) is 0 Å². The average molecular weight is 284 g/mol. The van der Waals surface area contributed by atoms with Gasteiger partial charge in [-0.25, -0.2) is 4.79 Å². The van der Waals surface area contributed by atoms with E-state index in [1.165, 1.54) is 0 Å². The molecule has 2 atom stereocenters. The third-order valence-corrected chi connectivity index (χ3v) is 4.28. The quantitative estimate of drug-likeness (QED) is 0.843. The van der Waals surface area contributed by atoms with Crippen molar-refractivity contribution >= 4 is 6.03 Å². The topological polar surface area (TPSA) is 60.0 Å². The smallest absolute Gasteiger partial charge is 0.317 e. The van der Waals surface area contributed by atoms with Crippen LogP contribution in [0.5, 0.6) is 0 Å². The summed E-state index contributed by atoms with van der Waals surface area (Å²) in [5.74, 6) is 0. The third kappa shape index (κ3) is 3.24. The fraction of sp³-hybridized carbons (Fsp3) is 0.929. The zero-order chi connectivity index (χ0) is 13.8. The summed E-state index contributed by atoms with van der Waals surface area (Å²) in [7, 11) is 0. The highest BCUT2D eigenvalue weighted by Crippen LogP contribution is 2.24. The van der Waals surface area contributed by atoms with Gasteiger partial charge in [-0.05, 0) is 32.1 Å². The molecule has 0 spiro atoms. The van der Waals surface area contributed by atoms with Gasteiger partial charge in [-0.3, -0.25) is 0 Å². The third-order valence-electron chi connectivity index (χ3n) is 4.28. The number of urea groups is 1. The number of rotatable bonds is 3. The van der Waals surface area contributed by atoms with E-state index < -0.39 is 0 Å². The number of likely N-dealkylation sites (tertiary alicyclic amines) is 1. The summed E-state index contributed by atoms with van der Waals surface area (Å²) in [6, 6.07) is 0.0417. The molecule has 3 rings (SSSR count). The summed E-state index contributed by atoms with van der Waals surface area (Å²) in [6.45, 7) is 3.47. The lowest BCUT2D eigenvalue weighted by Crippen LogP contribution is -2.54. The molecule has 0 aromatic carbocycles. The highest BCUT2D eigenvalue weighted by Gasteiger charge is 2.36. The largest absolute Gasteiger partial charge is 0.376 e. The van der Waals surface area contributed by atoms with Crippen molar-refractivity contribution in [3.63, 3.8) is 0 Å². The Labute approximate surface area is 119 Å². The van der Waals surface area contributed by atoms with E-state index in [1.54, 1.807) is 0 Å². The number of carbonyl (C=O) groups is 1. The number of carbonyl (C=O) groups excluding carboxylic acids is 1. The van der Waals surface area contributed by atoms with E-state index in [0.29, 0.717) is 19.8 Å². The molecular formula is C14H24N2O4. The van der Waals surface area contributed by atoms with Crippen molar-refractivity contribution in [3.05, 3.63) is 0 Å². The van der Waals surface area contributed by atoms with Crippen molar-refractivity contribution in [1.29, 1.82) is 0 Å². The molecule has 3 fully saturated rings. The van der Waals surface area contributed by atoms with Crippen molar-refractivity contribution in [2.24, 2.45) is 0 Å². The SMILES string of the molecule is O=C(NCC1CCCO1)N1CCCCC1C1OCCO1. The van der Waals surface area contributed by atoms with E-state index in [9.17, 15) is 4.79 Å². The fourth-order valence-electron chi connectivity index (χ4n) is 3.20. The molecule has 2 unspecified atom stereocenters. The normalized spacial score (nSPS) is 31.7. The summed E-state index contributed by atoms with van der Waals surface area (Å²) in [5, 5.41) is 3.00. The van der Waals surface area contributed by atoms with Crippen LogP contribution >= 0.6 is 0 Å². The lowest BCUT2D eigenvalue weighted by molar-refractivity contribution is -0.0984. The molecule has 1 N–H and O–H groups in total. The molecule has 3 aliphatic heterocycles. The molecule has 0 aromatic heterocycles. The van der Waals surface area contributed by atoms with Gasteiger partial charge in [0.25, 0.3) is 0 Å². The minimum Gasteiger partial charge on any atom is -0.376 e. The fourth-order valence-corrected chi connectivity index (χ4v) is 3.20. The first-order valence-corrected chi connectivity index (χ1v) is 7.74. The molecule has 114 valence electrons. The number of ether oxygens (including phenoxy) is 3. The van der Waals surface area contributed by atoms with Gasteiger partial charge in [0, 0.05) is 19.7 Å². The molecule has 2 amide bonds. The Kier molecular flexibility index (Phi) is 4.75. The Morgan fingerprint density at radius 2 is 1.90 bits per heavy atom. The maximum Gasteiger partial charge on any atom is 0.317 e. The van der Waals surface area contributed by atoms with Gasteiger partial charge in [-0.2, -0.15) is 0 Å². The summed E-state index contributed by atoms with van der Waals surface area (Å²) in [4.78, 5) is 14.3. The Morgan fingerprint density at radius 3 is 2.65 bits per heavy atom. The molecule has 0 saturated carbocycles. The summed E-state index contributed by atoms with van der Waals surface area (Å²) < 4.78 is 16.7. The van der Waals surface area contributed by atoms with E-state index in [1.807, 2.05) is 4.90 Å². The molecule has 0 aliphatic carbocycles. The van der Waals surface area contributed by atoms with Crippen molar-refractivity contribution in [2.75, 3.05) is 32.9 Å².